The summed E-state index contributed by atoms with van der Waals surface area (Å²) >= 11 is 6.03. The second-order valence-electron chi connectivity index (χ2n) is 5.02. The maximum Gasteiger partial charge on any atom is 0.277 e. The van der Waals surface area contributed by atoms with Crippen molar-refractivity contribution in [3.05, 3.63) is 60.2 Å². The molecule has 3 rings (SSSR count). The monoisotopic (exact) mass is 370 g/mol. The molecule has 0 saturated heterocycles. The number of thioether (sulfide) groups is 1. The van der Waals surface area contributed by atoms with Crippen LogP contribution in [-0.2, 0) is 0 Å². The van der Waals surface area contributed by atoms with Crippen LogP contribution in [0.5, 0.6) is 0 Å². The number of aromatic nitrogens is 2. The Morgan fingerprint density at radius 1 is 1.16 bits per heavy atom. The lowest BCUT2D eigenvalue weighted by Crippen LogP contribution is -2.18. The van der Waals surface area contributed by atoms with Gasteiger partial charge in [-0.2, -0.15) is 0 Å². The number of nitrogens with zero attached hydrogens (tertiary/aromatic N) is 2. The lowest BCUT2D eigenvalue weighted by atomic mass is 10.2. The second kappa shape index (κ2) is 7.91. The van der Waals surface area contributed by atoms with Gasteiger partial charge in [0.1, 0.15) is 0 Å². The number of rotatable bonds is 6. The molecule has 0 radical (unpaired) electrons. The molecule has 0 saturated carbocycles. The van der Waals surface area contributed by atoms with Crippen molar-refractivity contribution in [3.8, 4) is 11.5 Å². The minimum Gasteiger partial charge on any atom is -0.411 e. The predicted molar refractivity (Wildman–Crippen MR) is 102 cm³/mol. The molecule has 1 heterocycles. The highest BCUT2D eigenvalue weighted by molar-refractivity contribution is 7.99. The summed E-state index contributed by atoms with van der Waals surface area (Å²) in [5.41, 5.74) is 7.59. The first-order chi connectivity index (χ1) is 12.1. The number of hydrogen-bond acceptors (Lipinski definition) is 6. The Balaban J connectivity index is 1.66. The summed E-state index contributed by atoms with van der Waals surface area (Å²) < 4.78 is 5.61. The lowest BCUT2D eigenvalue weighted by Gasteiger charge is -2.04. The highest BCUT2D eigenvalue weighted by Gasteiger charge is 2.12. The van der Waals surface area contributed by atoms with E-state index in [0.29, 0.717) is 16.7 Å². The number of Topliss-reactive ketones (excluding diaryl/α,β-unsaturated/α-hetero) is 1. The van der Waals surface area contributed by atoms with Gasteiger partial charge in [-0.25, -0.2) is 0 Å². The Bertz CT molecular complexity index is 896. The van der Waals surface area contributed by atoms with E-state index in [2.05, 4.69) is 15.5 Å². The summed E-state index contributed by atoms with van der Waals surface area (Å²) in [7, 11) is 0. The van der Waals surface area contributed by atoms with Crippen molar-refractivity contribution in [2.24, 2.45) is 5.73 Å². The first-order valence-electron chi connectivity index (χ1n) is 7.33. The zero-order valence-corrected chi connectivity index (χ0v) is 14.6. The second-order valence-corrected chi connectivity index (χ2v) is 6.39. The van der Waals surface area contributed by atoms with Crippen LogP contribution in [0.25, 0.3) is 11.5 Å². The van der Waals surface area contributed by atoms with Gasteiger partial charge in [-0.3, -0.25) is 4.79 Å². The highest BCUT2D eigenvalue weighted by atomic mass is 32.2. The minimum atomic E-state index is 0.00741. The van der Waals surface area contributed by atoms with Gasteiger partial charge in [-0.1, -0.05) is 48.2 Å². The first-order valence-corrected chi connectivity index (χ1v) is 8.72. The number of hydrogen-bond donors (Lipinski definition) is 2. The predicted octanol–water partition coefficient (Wildman–Crippen LogP) is 3.37. The molecule has 0 unspecified atom stereocenters. The molecule has 6 nitrogen and oxygen atoms in total. The fraction of sp³-hybridized carbons (Fsp3) is 0.0588. The van der Waals surface area contributed by atoms with E-state index in [1.54, 1.807) is 18.2 Å². The molecule has 25 heavy (non-hydrogen) atoms. The number of anilines is 1. The fourth-order valence-electron chi connectivity index (χ4n) is 2.09. The van der Waals surface area contributed by atoms with Crippen LogP contribution in [0.4, 0.5) is 5.69 Å². The molecule has 1 aromatic heterocycles. The third-order valence-electron chi connectivity index (χ3n) is 3.21. The van der Waals surface area contributed by atoms with E-state index >= 15 is 0 Å². The maximum atomic E-state index is 12.1. The Morgan fingerprint density at radius 3 is 2.72 bits per heavy atom. The number of thiocarbonyl (C=S) groups is 1. The van der Waals surface area contributed by atoms with Crippen LogP contribution in [0.2, 0.25) is 0 Å². The number of ketones is 1. The van der Waals surface area contributed by atoms with Crippen LogP contribution < -0.4 is 11.1 Å². The van der Waals surface area contributed by atoms with E-state index in [1.165, 1.54) is 11.8 Å². The smallest absolute Gasteiger partial charge is 0.277 e. The topological polar surface area (TPSA) is 94.0 Å². The van der Waals surface area contributed by atoms with Crippen molar-refractivity contribution < 1.29 is 9.21 Å². The average molecular weight is 370 g/mol. The fourth-order valence-corrected chi connectivity index (χ4v) is 2.87. The van der Waals surface area contributed by atoms with Gasteiger partial charge in [0.05, 0.1) is 5.75 Å². The molecule has 0 bridgehead atoms. The van der Waals surface area contributed by atoms with E-state index < -0.39 is 0 Å². The van der Waals surface area contributed by atoms with Crippen molar-refractivity contribution in [1.82, 2.24) is 10.2 Å². The van der Waals surface area contributed by atoms with E-state index in [4.69, 9.17) is 22.4 Å². The Morgan fingerprint density at radius 2 is 1.96 bits per heavy atom. The third kappa shape index (κ3) is 4.65. The molecular formula is C17H14N4O2S2. The van der Waals surface area contributed by atoms with Crippen LogP contribution in [0.15, 0.2) is 64.2 Å². The number of carbonyl (C=O) groups excluding carboxylic acids is 1. The van der Waals surface area contributed by atoms with Crippen LogP contribution >= 0.6 is 24.0 Å². The molecule has 8 heteroatoms. The van der Waals surface area contributed by atoms with Crippen molar-refractivity contribution in [1.29, 1.82) is 0 Å². The molecule has 2 aromatic carbocycles. The van der Waals surface area contributed by atoms with Gasteiger partial charge in [-0.15, -0.1) is 10.2 Å². The van der Waals surface area contributed by atoms with Gasteiger partial charge in [0.2, 0.25) is 5.89 Å². The zero-order chi connectivity index (χ0) is 17.6. The molecule has 0 fully saturated rings. The molecule has 3 aromatic rings. The largest absolute Gasteiger partial charge is 0.411 e. The average Bonchev–Trinajstić information content (AvgIpc) is 3.09. The van der Waals surface area contributed by atoms with Crippen LogP contribution in [0.3, 0.4) is 0 Å². The van der Waals surface area contributed by atoms with Gasteiger partial charge >= 0.3 is 0 Å². The van der Waals surface area contributed by atoms with Gasteiger partial charge in [0, 0.05) is 16.8 Å². The molecule has 3 N–H and O–H groups in total. The van der Waals surface area contributed by atoms with Gasteiger partial charge in [0.15, 0.2) is 10.9 Å². The number of carbonyl (C=O) groups is 1. The molecule has 0 amide bonds. The highest BCUT2D eigenvalue weighted by Crippen LogP contribution is 2.25. The van der Waals surface area contributed by atoms with E-state index in [0.717, 1.165) is 11.3 Å². The number of nitrogens with two attached hydrogens (primary N) is 1. The van der Waals surface area contributed by atoms with Gasteiger partial charge in [0.25, 0.3) is 5.22 Å². The quantitative estimate of drug-likeness (QED) is 0.387. The molecule has 0 atom stereocenters. The summed E-state index contributed by atoms with van der Waals surface area (Å²) in [5.74, 6) is 0.601. The molecule has 0 aliphatic carbocycles. The molecule has 0 aliphatic rings. The maximum absolute atomic E-state index is 12.1. The number of benzene rings is 2. The zero-order valence-electron chi connectivity index (χ0n) is 13.0. The Labute approximate surface area is 153 Å². The molecular weight excluding hydrogens is 356 g/mol. The van der Waals surface area contributed by atoms with Gasteiger partial charge < -0.3 is 15.5 Å². The van der Waals surface area contributed by atoms with Crippen molar-refractivity contribution in [2.75, 3.05) is 11.1 Å². The van der Waals surface area contributed by atoms with Crippen LogP contribution in [-0.4, -0.2) is 26.8 Å². The summed E-state index contributed by atoms with van der Waals surface area (Å²) in [4.78, 5) is 12.1. The summed E-state index contributed by atoms with van der Waals surface area (Å²) in [5, 5.41) is 11.4. The summed E-state index contributed by atoms with van der Waals surface area (Å²) in [6.07, 6.45) is 0. The summed E-state index contributed by atoms with van der Waals surface area (Å²) in [6, 6.07) is 16.4. The van der Waals surface area contributed by atoms with E-state index in [-0.39, 0.29) is 16.6 Å². The standard InChI is InChI=1S/C17H14N4O2S2/c18-16(24)19-13-8-4-7-12(9-13)15-20-21-17(23-15)25-10-14(22)11-5-2-1-3-6-11/h1-9H,10H2,(H3,18,19,24). The number of nitrogens with one attached hydrogen (secondary N) is 1. The summed E-state index contributed by atoms with van der Waals surface area (Å²) in [6.45, 7) is 0. The van der Waals surface area contributed by atoms with Crippen molar-refractivity contribution in [3.63, 3.8) is 0 Å². The molecule has 0 aliphatic heterocycles. The van der Waals surface area contributed by atoms with Crippen molar-refractivity contribution >= 4 is 40.6 Å². The van der Waals surface area contributed by atoms with Crippen LogP contribution in [0.1, 0.15) is 10.4 Å². The third-order valence-corrected chi connectivity index (χ3v) is 4.13. The SMILES string of the molecule is NC(=S)Nc1cccc(-c2nnc(SCC(=O)c3ccccc3)o2)c1. The van der Waals surface area contributed by atoms with Gasteiger partial charge in [-0.05, 0) is 30.4 Å². The van der Waals surface area contributed by atoms with E-state index in [1.807, 2.05) is 36.4 Å². The first kappa shape index (κ1) is 17.1. The lowest BCUT2D eigenvalue weighted by molar-refractivity contribution is 0.102. The Hall–Kier alpha value is -2.71. The van der Waals surface area contributed by atoms with E-state index in [9.17, 15) is 4.79 Å². The Kier molecular flexibility index (Phi) is 5.42. The van der Waals surface area contributed by atoms with Crippen molar-refractivity contribution in [2.45, 2.75) is 5.22 Å². The normalized spacial score (nSPS) is 10.4. The minimum absolute atomic E-state index is 0.00741. The molecule has 126 valence electrons. The molecule has 0 spiro atoms. The van der Waals surface area contributed by atoms with Crippen LogP contribution in [0, 0.1) is 0 Å².